The van der Waals surface area contributed by atoms with Gasteiger partial charge in [0.25, 0.3) is 0 Å². The Bertz CT molecular complexity index is 896. The van der Waals surface area contributed by atoms with E-state index in [4.69, 9.17) is 9.47 Å². The van der Waals surface area contributed by atoms with E-state index in [-0.39, 0.29) is 18.3 Å². The highest BCUT2D eigenvalue weighted by Crippen LogP contribution is 2.36. The maximum Gasteiger partial charge on any atom is 0.154 e. The molecule has 0 bridgehead atoms. The standard InChI is InChI=1S/C21H21FNO3S/c22-12-15-7-8-23(13-15)9-10-25-17-2-4-18(5-3-17)26-20-14-27-21-11-16(24)1-6-19(20)21/h1-6,11,15,24H,7-10,12-13H2/t15-/m0/s1. The van der Waals surface area contributed by atoms with Gasteiger partial charge >= 0.3 is 0 Å². The number of alkyl halides is 1. The molecule has 0 aliphatic carbocycles. The number of hydrogen-bond donors (Lipinski definition) is 1. The molecule has 2 aromatic carbocycles. The number of aromatic hydroxyl groups is 1. The van der Waals surface area contributed by atoms with E-state index in [0.29, 0.717) is 18.1 Å². The SMILES string of the molecule is Oc1ccc2c(Oc3ccc(OCCN4CC[C@@H](CF)C4)cc3)[c]sc2c1. The first kappa shape index (κ1) is 18.1. The van der Waals surface area contributed by atoms with Crippen LogP contribution in [0.2, 0.25) is 0 Å². The maximum atomic E-state index is 12.7. The van der Waals surface area contributed by atoms with Crippen molar-refractivity contribution in [2.75, 3.05) is 32.9 Å². The molecule has 0 saturated carbocycles. The summed E-state index contributed by atoms with van der Waals surface area (Å²) in [6, 6.07) is 12.7. The first-order chi connectivity index (χ1) is 13.2. The number of thiophene rings is 1. The van der Waals surface area contributed by atoms with Gasteiger partial charge in [0.2, 0.25) is 0 Å². The van der Waals surface area contributed by atoms with Gasteiger partial charge in [-0.3, -0.25) is 9.29 Å². The summed E-state index contributed by atoms with van der Waals surface area (Å²) < 4.78 is 25.3. The zero-order valence-electron chi connectivity index (χ0n) is 14.9. The number of nitrogens with zero attached hydrogens (tertiary/aromatic N) is 1. The van der Waals surface area contributed by atoms with Crippen LogP contribution in [-0.2, 0) is 0 Å². The maximum absolute atomic E-state index is 12.7. The molecule has 0 amide bonds. The first-order valence-corrected chi connectivity index (χ1v) is 9.85. The fourth-order valence-corrected chi connectivity index (χ4v) is 4.08. The highest BCUT2D eigenvalue weighted by Gasteiger charge is 2.21. The predicted octanol–water partition coefficient (Wildman–Crippen LogP) is 4.87. The fourth-order valence-electron chi connectivity index (χ4n) is 3.27. The minimum absolute atomic E-state index is 0.190. The topological polar surface area (TPSA) is 41.9 Å². The predicted molar refractivity (Wildman–Crippen MR) is 105 cm³/mol. The Kier molecular flexibility index (Phi) is 5.45. The second-order valence-corrected chi connectivity index (χ2v) is 7.59. The highest BCUT2D eigenvalue weighted by atomic mass is 32.1. The lowest BCUT2D eigenvalue weighted by atomic mass is 10.1. The van der Waals surface area contributed by atoms with Crippen molar-refractivity contribution in [1.82, 2.24) is 4.90 Å². The molecule has 2 heterocycles. The van der Waals surface area contributed by atoms with Crippen LogP contribution in [0.25, 0.3) is 10.1 Å². The van der Waals surface area contributed by atoms with Crippen molar-refractivity contribution >= 4 is 21.4 Å². The minimum atomic E-state index is -0.225. The monoisotopic (exact) mass is 386 g/mol. The molecule has 141 valence electrons. The zero-order chi connectivity index (χ0) is 18.6. The van der Waals surface area contributed by atoms with Crippen molar-refractivity contribution in [3.05, 3.63) is 47.8 Å². The van der Waals surface area contributed by atoms with E-state index >= 15 is 0 Å². The van der Waals surface area contributed by atoms with Crippen LogP contribution >= 0.6 is 11.3 Å². The van der Waals surface area contributed by atoms with E-state index in [0.717, 1.165) is 41.9 Å². The molecule has 0 spiro atoms. The number of rotatable bonds is 7. The Hall–Kier alpha value is -2.31. The number of ether oxygens (including phenoxy) is 2. The van der Waals surface area contributed by atoms with Crippen LogP contribution < -0.4 is 9.47 Å². The second kappa shape index (κ2) is 8.15. The van der Waals surface area contributed by atoms with Gasteiger partial charge in [0.15, 0.2) is 5.75 Å². The number of benzene rings is 2. The Morgan fingerprint density at radius 2 is 2.00 bits per heavy atom. The molecule has 1 aromatic heterocycles. The summed E-state index contributed by atoms with van der Waals surface area (Å²) in [5, 5.41) is 13.6. The zero-order valence-corrected chi connectivity index (χ0v) is 15.7. The molecule has 1 aliphatic rings. The number of halogens is 1. The summed E-state index contributed by atoms with van der Waals surface area (Å²) >= 11 is 1.41. The van der Waals surface area contributed by atoms with Crippen LogP contribution in [0.1, 0.15) is 6.42 Å². The van der Waals surface area contributed by atoms with Gasteiger partial charge in [0.1, 0.15) is 23.9 Å². The summed E-state index contributed by atoms with van der Waals surface area (Å²) in [4.78, 5) is 2.25. The largest absolute Gasteiger partial charge is 0.508 e. The molecular weight excluding hydrogens is 365 g/mol. The summed E-state index contributed by atoms with van der Waals surface area (Å²) in [5.74, 6) is 2.57. The van der Waals surface area contributed by atoms with E-state index < -0.39 is 0 Å². The number of fused-ring (bicyclic) bond motifs is 1. The molecule has 1 saturated heterocycles. The lowest BCUT2D eigenvalue weighted by Crippen LogP contribution is -2.26. The molecule has 4 rings (SSSR count). The molecule has 1 radical (unpaired) electrons. The Balaban J connectivity index is 1.31. The van der Waals surface area contributed by atoms with Crippen molar-refractivity contribution in [3.8, 4) is 23.0 Å². The normalized spacial score (nSPS) is 17.4. The van der Waals surface area contributed by atoms with Crippen LogP contribution in [0.3, 0.4) is 0 Å². The van der Waals surface area contributed by atoms with Gasteiger partial charge in [-0.1, -0.05) is 0 Å². The van der Waals surface area contributed by atoms with Crippen molar-refractivity contribution in [3.63, 3.8) is 0 Å². The lowest BCUT2D eigenvalue weighted by molar-refractivity contribution is 0.228. The molecule has 1 aliphatic heterocycles. The highest BCUT2D eigenvalue weighted by molar-refractivity contribution is 7.17. The summed E-state index contributed by atoms with van der Waals surface area (Å²) in [7, 11) is 0. The quantitative estimate of drug-likeness (QED) is 0.629. The van der Waals surface area contributed by atoms with E-state index in [1.807, 2.05) is 30.3 Å². The third kappa shape index (κ3) is 4.34. The number of likely N-dealkylation sites (tertiary alicyclic amines) is 1. The first-order valence-electron chi connectivity index (χ1n) is 9.03. The molecule has 3 aromatic rings. The number of hydrogen-bond acceptors (Lipinski definition) is 5. The third-order valence-corrected chi connectivity index (χ3v) is 5.62. The summed E-state index contributed by atoms with van der Waals surface area (Å²) in [6.45, 7) is 2.96. The van der Waals surface area contributed by atoms with Crippen LogP contribution in [0.5, 0.6) is 23.0 Å². The molecular formula is C21H21FNO3S. The van der Waals surface area contributed by atoms with Gasteiger partial charge in [-0.2, -0.15) is 0 Å². The minimum Gasteiger partial charge on any atom is -0.508 e. The third-order valence-electron chi connectivity index (χ3n) is 4.77. The van der Waals surface area contributed by atoms with Crippen molar-refractivity contribution in [2.24, 2.45) is 5.92 Å². The summed E-state index contributed by atoms with van der Waals surface area (Å²) in [6.07, 6.45) is 0.941. The fraction of sp³-hybridized carbons (Fsp3) is 0.333. The van der Waals surface area contributed by atoms with Crippen molar-refractivity contribution in [2.45, 2.75) is 6.42 Å². The van der Waals surface area contributed by atoms with Crippen LogP contribution in [0.4, 0.5) is 4.39 Å². The van der Waals surface area contributed by atoms with Crippen LogP contribution in [0.15, 0.2) is 42.5 Å². The lowest BCUT2D eigenvalue weighted by Gasteiger charge is -2.15. The Morgan fingerprint density at radius 1 is 1.19 bits per heavy atom. The van der Waals surface area contributed by atoms with Gasteiger partial charge < -0.3 is 14.6 Å². The van der Waals surface area contributed by atoms with E-state index in [2.05, 4.69) is 10.3 Å². The van der Waals surface area contributed by atoms with Crippen molar-refractivity contribution in [1.29, 1.82) is 0 Å². The average molecular weight is 386 g/mol. The van der Waals surface area contributed by atoms with Gasteiger partial charge in [0, 0.05) is 29.1 Å². The molecule has 1 N–H and O–H groups in total. The average Bonchev–Trinajstić information content (AvgIpc) is 3.30. The molecule has 0 unspecified atom stereocenters. The molecule has 1 fully saturated rings. The molecule has 1 atom stereocenters. The Labute approximate surface area is 161 Å². The van der Waals surface area contributed by atoms with E-state index in [1.54, 1.807) is 12.1 Å². The molecule has 4 nitrogen and oxygen atoms in total. The van der Waals surface area contributed by atoms with E-state index in [1.165, 1.54) is 11.3 Å². The van der Waals surface area contributed by atoms with E-state index in [9.17, 15) is 9.50 Å². The number of phenolic OH excluding ortho intramolecular Hbond substituents is 1. The van der Waals surface area contributed by atoms with Crippen molar-refractivity contribution < 1.29 is 19.0 Å². The van der Waals surface area contributed by atoms with Crippen LogP contribution in [0, 0.1) is 11.3 Å². The van der Waals surface area contributed by atoms with Gasteiger partial charge in [0.05, 0.1) is 12.1 Å². The summed E-state index contributed by atoms with van der Waals surface area (Å²) in [5.41, 5.74) is 0. The van der Waals surface area contributed by atoms with Gasteiger partial charge in [-0.25, -0.2) is 0 Å². The second-order valence-electron chi connectivity index (χ2n) is 6.75. The van der Waals surface area contributed by atoms with Crippen LogP contribution in [-0.4, -0.2) is 42.9 Å². The molecule has 6 heteroatoms. The Morgan fingerprint density at radius 3 is 2.78 bits per heavy atom. The van der Waals surface area contributed by atoms with Gasteiger partial charge in [-0.05, 0) is 55.4 Å². The molecule has 27 heavy (non-hydrogen) atoms. The van der Waals surface area contributed by atoms with Gasteiger partial charge in [-0.15, -0.1) is 11.3 Å². The smallest absolute Gasteiger partial charge is 0.154 e. The number of phenols is 1.